The van der Waals surface area contributed by atoms with Gasteiger partial charge in [-0.15, -0.1) is 11.3 Å². The summed E-state index contributed by atoms with van der Waals surface area (Å²) in [7, 11) is 1.64. The Morgan fingerprint density at radius 2 is 1.83 bits per heavy atom. The quantitative estimate of drug-likeness (QED) is 0.479. The molecule has 6 heteroatoms. The molecule has 3 rings (SSSR count). The molecule has 3 aromatic rings. The lowest BCUT2D eigenvalue weighted by atomic mass is 10.1. The van der Waals surface area contributed by atoms with Gasteiger partial charge < -0.3 is 14.4 Å². The van der Waals surface area contributed by atoms with E-state index in [-0.39, 0.29) is 5.91 Å². The van der Waals surface area contributed by atoms with E-state index in [1.807, 2.05) is 47.8 Å². The monoisotopic (exact) mass is 424 g/mol. The third-order valence-electron chi connectivity index (χ3n) is 4.63. The second kappa shape index (κ2) is 10.9. The van der Waals surface area contributed by atoms with Gasteiger partial charge in [0.1, 0.15) is 17.4 Å². The van der Waals surface area contributed by atoms with Crippen molar-refractivity contribution in [3.8, 4) is 5.75 Å². The molecule has 0 unspecified atom stereocenters. The number of ether oxygens (including phenoxy) is 2. The minimum atomic E-state index is 0.0688. The van der Waals surface area contributed by atoms with Gasteiger partial charge in [-0.2, -0.15) is 0 Å². The summed E-state index contributed by atoms with van der Waals surface area (Å²) in [5.74, 6) is 0.920. The minimum Gasteiger partial charge on any atom is -0.486 e. The van der Waals surface area contributed by atoms with Gasteiger partial charge in [-0.05, 0) is 42.7 Å². The van der Waals surface area contributed by atoms with Gasteiger partial charge in [0.05, 0.1) is 25.3 Å². The lowest BCUT2D eigenvalue weighted by Crippen LogP contribution is -2.34. The fraction of sp³-hybridized carbons (Fsp3) is 0.333. The molecule has 0 atom stereocenters. The molecule has 0 spiro atoms. The Kier molecular flexibility index (Phi) is 7.99. The van der Waals surface area contributed by atoms with E-state index < -0.39 is 0 Å². The van der Waals surface area contributed by atoms with Crippen molar-refractivity contribution < 1.29 is 14.3 Å². The lowest BCUT2D eigenvalue weighted by molar-refractivity contribution is -0.131. The van der Waals surface area contributed by atoms with Crippen molar-refractivity contribution in [1.29, 1.82) is 0 Å². The van der Waals surface area contributed by atoms with E-state index in [9.17, 15) is 4.79 Å². The van der Waals surface area contributed by atoms with Gasteiger partial charge in [0.2, 0.25) is 5.91 Å². The summed E-state index contributed by atoms with van der Waals surface area (Å²) in [6.45, 7) is 6.03. The lowest BCUT2D eigenvalue weighted by Gasteiger charge is -2.21. The summed E-state index contributed by atoms with van der Waals surface area (Å²) in [5, 5.41) is 2.89. The molecule has 0 aliphatic heterocycles. The molecule has 0 aliphatic rings. The zero-order chi connectivity index (χ0) is 21.3. The molecule has 2 aromatic carbocycles. The number of aromatic nitrogens is 1. The Labute approximate surface area is 182 Å². The highest BCUT2D eigenvalue weighted by molar-refractivity contribution is 7.09. The van der Waals surface area contributed by atoms with Crippen molar-refractivity contribution in [3.63, 3.8) is 0 Å². The van der Waals surface area contributed by atoms with E-state index >= 15 is 0 Å². The number of hydrogen-bond acceptors (Lipinski definition) is 5. The first-order chi connectivity index (χ1) is 14.5. The summed E-state index contributed by atoms with van der Waals surface area (Å²) < 4.78 is 11.1. The predicted molar refractivity (Wildman–Crippen MR) is 120 cm³/mol. The van der Waals surface area contributed by atoms with Gasteiger partial charge in [0.25, 0.3) is 0 Å². The number of nitrogens with zero attached hydrogens (tertiary/aromatic N) is 2. The maximum atomic E-state index is 12.8. The van der Waals surface area contributed by atoms with Crippen molar-refractivity contribution in [2.45, 2.75) is 33.4 Å². The van der Waals surface area contributed by atoms with Gasteiger partial charge in [-0.3, -0.25) is 4.79 Å². The molecule has 0 N–H and O–H groups in total. The van der Waals surface area contributed by atoms with Crippen molar-refractivity contribution >= 4 is 17.2 Å². The highest BCUT2D eigenvalue weighted by Gasteiger charge is 2.16. The molecule has 1 aromatic heterocycles. The smallest absolute Gasteiger partial charge is 0.227 e. The minimum absolute atomic E-state index is 0.0688. The van der Waals surface area contributed by atoms with Crippen LogP contribution in [0.3, 0.4) is 0 Å². The molecule has 0 bridgehead atoms. The first-order valence-electron chi connectivity index (χ1n) is 9.98. The second-order valence-electron chi connectivity index (χ2n) is 7.32. The van der Waals surface area contributed by atoms with Gasteiger partial charge in [-0.1, -0.05) is 36.4 Å². The maximum Gasteiger partial charge on any atom is 0.227 e. The summed E-state index contributed by atoms with van der Waals surface area (Å²) in [4.78, 5) is 19.3. The highest BCUT2D eigenvalue weighted by atomic mass is 32.1. The first kappa shape index (κ1) is 22.0. The van der Waals surface area contributed by atoms with E-state index in [2.05, 4.69) is 24.9 Å². The Balaban J connectivity index is 1.60. The molecule has 0 aliphatic carbocycles. The molecule has 0 saturated heterocycles. The van der Waals surface area contributed by atoms with Crippen LogP contribution in [0.2, 0.25) is 0 Å². The molecule has 0 fully saturated rings. The summed E-state index contributed by atoms with van der Waals surface area (Å²) >= 11 is 1.55. The van der Waals surface area contributed by atoms with E-state index in [4.69, 9.17) is 9.47 Å². The van der Waals surface area contributed by atoms with Gasteiger partial charge in [-0.25, -0.2) is 4.98 Å². The highest BCUT2D eigenvalue weighted by Crippen LogP contribution is 2.19. The summed E-state index contributed by atoms with van der Waals surface area (Å²) in [6.07, 6.45) is 0.372. The maximum absolute atomic E-state index is 12.8. The molecule has 0 saturated carbocycles. The SMILES string of the molecule is COCCN(Cc1csc(COc2cc(C)cc(C)c2)n1)C(=O)Cc1ccccc1. The standard InChI is InChI=1S/C24H28N2O3S/c1-18-11-19(2)13-22(12-18)29-16-23-25-21(17-30-23)15-26(9-10-28-3)24(27)14-20-7-5-4-6-8-20/h4-8,11-13,17H,9-10,14-16H2,1-3H3. The molecule has 158 valence electrons. The third kappa shape index (κ3) is 6.68. The number of aryl methyl sites for hydroxylation is 2. The molecule has 1 amide bonds. The molecular formula is C24H28N2O3S. The van der Waals surface area contributed by atoms with E-state index in [0.717, 1.165) is 22.0 Å². The topological polar surface area (TPSA) is 51.7 Å². The van der Waals surface area contributed by atoms with Gasteiger partial charge >= 0.3 is 0 Å². The number of carbonyl (C=O) groups is 1. The van der Waals surface area contributed by atoms with E-state index in [1.165, 1.54) is 11.1 Å². The van der Waals surface area contributed by atoms with Gasteiger partial charge in [0, 0.05) is 19.0 Å². The summed E-state index contributed by atoms with van der Waals surface area (Å²) in [5.41, 5.74) is 4.23. The van der Waals surface area contributed by atoms with Crippen LogP contribution in [0.25, 0.3) is 0 Å². The van der Waals surface area contributed by atoms with Crippen molar-refractivity contribution in [3.05, 3.63) is 81.3 Å². The first-order valence-corrected chi connectivity index (χ1v) is 10.9. The van der Waals surface area contributed by atoms with Crippen molar-refractivity contribution in [1.82, 2.24) is 9.88 Å². The van der Waals surface area contributed by atoms with Crippen LogP contribution in [-0.4, -0.2) is 36.1 Å². The normalized spacial score (nSPS) is 10.8. The zero-order valence-electron chi connectivity index (χ0n) is 17.8. The van der Waals surface area contributed by atoms with Crippen LogP contribution in [0.15, 0.2) is 53.9 Å². The van der Waals surface area contributed by atoms with Crippen LogP contribution in [0.4, 0.5) is 0 Å². The van der Waals surface area contributed by atoms with Crippen LogP contribution in [0.1, 0.15) is 27.4 Å². The Hall–Kier alpha value is -2.70. The number of rotatable bonds is 10. The average molecular weight is 425 g/mol. The number of methoxy groups -OCH3 is 1. The predicted octanol–water partition coefficient (Wildman–Crippen LogP) is 4.56. The molecular weight excluding hydrogens is 396 g/mol. The molecule has 0 radical (unpaired) electrons. The van der Waals surface area contributed by atoms with Crippen LogP contribution in [-0.2, 0) is 29.1 Å². The number of thiazole rings is 1. The van der Waals surface area contributed by atoms with Crippen LogP contribution < -0.4 is 4.74 Å². The second-order valence-corrected chi connectivity index (χ2v) is 8.26. The average Bonchev–Trinajstić information content (AvgIpc) is 3.17. The molecule has 30 heavy (non-hydrogen) atoms. The molecule has 5 nitrogen and oxygen atoms in total. The Morgan fingerprint density at radius 3 is 2.53 bits per heavy atom. The van der Waals surface area contributed by atoms with Crippen molar-refractivity contribution in [2.75, 3.05) is 20.3 Å². The fourth-order valence-corrected chi connectivity index (χ4v) is 3.92. The molecule has 1 heterocycles. The number of amides is 1. The van der Waals surface area contributed by atoms with Crippen LogP contribution >= 0.6 is 11.3 Å². The van der Waals surface area contributed by atoms with Crippen LogP contribution in [0, 0.1) is 13.8 Å². The van der Waals surface area contributed by atoms with Crippen molar-refractivity contribution in [2.24, 2.45) is 0 Å². The third-order valence-corrected chi connectivity index (χ3v) is 5.50. The van der Waals surface area contributed by atoms with Crippen LogP contribution in [0.5, 0.6) is 5.75 Å². The Morgan fingerprint density at radius 1 is 1.10 bits per heavy atom. The summed E-state index contributed by atoms with van der Waals surface area (Å²) in [6, 6.07) is 16.0. The number of benzene rings is 2. The fourth-order valence-electron chi connectivity index (χ4n) is 3.22. The van der Waals surface area contributed by atoms with E-state index in [1.54, 1.807) is 23.3 Å². The largest absolute Gasteiger partial charge is 0.486 e. The number of hydrogen-bond donors (Lipinski definition) is 0. The Bertz CT molecular complexity index is 936. The van der Waals surface area contributed by atoms with E-state index in [0.29, 0.717) is 32.7 Å². The number of carbonyl (C=O) groups excluding carboxylic acids is 1. The van der Waals surface area contributed by atoms with Gasteiger partial charge in [0.15, 0.2) is 0 Å². The zero-order valence-corrected chi connectivity index (χ0v) is 18.6.